The van der Waals surface area contributed by atoms with Crippen LogP contribution in [0.25, 0.3) is 44.5 Å². The minimum Gasteiger partial charge on any atom is -0.310 e. The Bertz CT molecular complexity index is 2460. The largest absolute Gasteiger partial charge is 0.310 e. The zero-order valence-corrected chi connectivity index (χ0v) is 38.4. The van der Waals surface area contributed by atoms with E-state index in [1.54, 1.807) is 0 Å². The van der Waals surface area contributed by atoms with Crippen molar-refractivity contribution in [3.8, 4) is 44.5 Å². The van der Waals surface area contributed by atoms with Crippen LogP contribution in [0.15, 0.2) is 152 Å². The number of nitrogens with zero attached hydrogens (tertiary/aromatic N) is 1. The number of unbranched alkanes of at least 4 members (excludes halogenated alkanes) is 4. The second-order valence-electron chi connectivity index (χ2n) is 18.4. The zero-order chi connectivity index (χ0) is 43.1. The molecule has 0 aromatic heterocycles. The van der Waals surface area contributed by atoms with Crippen LogP contribution in [0.4, 0.5) is 17.1 Å². The summed E-state index contributed by atoms with van der Waals surface area (Å²) in [6.07, 6.45) is 14.1. The number of fused-ring (bicyclic) bond motifs is 3. The van der Waals surface area contributed by atoms with Crippen molar-refractivity contribution in [3.63, 3.8) is 0 Å². The van der Waals surface area contributed by atoms with Gasteiger partial charge in [0.15, 0.2) is 0 Å². The SMILES string of the molecule is CCCCc1cc(CCCC)cc(-c2cc(-c3cc(CCCC)cc(CCCC)c3)cc(N(c3ccc(-c4ccccc4)cc3)c3ccc4c(c3)C(C)(C)c3ccccc3-4)c2)c1. The number of rotatable bonds is 18. The quantitative estimate of drug-likeness (QED) is 0.0834. The van der Waals surface area contributed by atoms with Crippen molar-refractivity contribution in [2.45, 2.75) is 124 Å². The van der Waals surface area contributed by atoms with Crippen LogP contribution in [-0.2, 0) is 31.1 Å². The molecule has 1 nitrogen and oxygen atoms in total. The van der Waals surface area contributed by atoms with E-state index in [9.17, 15) is 0 Å². The van der Waals surface area contributed by atoms with Gasteiger partial charge in [-0.2, -0.15) is 0 Å². The van der Waals surface area contributed by atoms with Gasteiger partial charge >= 0.3 is 0 Å². The molecule has 1 aliphatic rings. The van der Waals surface area contributed by atoms with Crippen LogP contribution < -0.4 is 4.90 Å². The molecule has 0 heterocycles. The maximum atomic E-state index is 2.53. The third kappa shape index (κ3) is 9.39. The lowest BCUT2D eigenvalue weighted by atomic mass is 9.82. The van der Waals surface area contributed by atoms with Gasteiger partial charge in [0.2, 0.25) is 0 Å². The molecule has 1 aliphatic carbocycles. The summed E-state index contributed by atoms with van der Waals surface area (Å²) in [7, 11) is 0. The molecule has 0 aliphatic heterocycles. The fourth-order valence-corrected chi connectivity index (χ4v) is 9.75. The maximum absolute atomic E-state index is 2.53. The number of hydrogen-bond acceptors (Lipinski definition) is 1. The molecule has 0 saturated heterocycles. The normalized spacial score (nSPS) is 12.6. The van der Waals surface area contributed by atoms with E-state index in [1.807, 2.05) is 0 Å². The molecule has 0 spiro atoms. The molecule has 0 radical (unpaired) electrons. The van der Waals surface area contributed by atoms with Crippen LogP contribution in [-0.4, -0.2) is 0 Å². The number of aryl methyl sites for hydroxylation is 4. The molecule has 316 valence electrons. The molecule has 62 heavy (non-hydrogen) atoms. The predicted molar refractivity (Wildman–Crippen MR) is 269 cm³/mol. The van der Waals surface area contributed by atoms with E-state index in [0.717, 1.165) is 31.4 Å². The van der Waals surface area contributed by atoms with Crippen LogP contribution >= 0.6 is 0 Å². The molecular weight excluding hydrogens is 747 g/mol. The van der Waals surface area contributed by atoms with Crippen molar-refractivity contribution in [2.24, 2.45) is 0 Å². The number of anilines is 3. The molecule has 0 saturated carbocycles. The minimum atomic E-state index is -0.112. The molecule has 0 N–H and O–H groups in total. The second kappa shape index (κ2) is 19.6. The summed E-state index contributed by atoms with van der Waals surface area (Å²) in [5, 5.41) is 0. The molecule has 8 rings (SSSR count). The molecule has 7 aromatic carbocycles. The van der Waals surface area contributed by atoms with E-state index < -0.39 is 0 Å². The first-order chi connectivity index (χ1) is 30.3. The second-order valence-corrected chi connectivity index (χ2v) is 18.4. The van der Waals surface area contributed by atoms with Crippen molar-refractivity contribution < 1.29 is 0 Å². The topological polar surface area (TPSA) is 3.24 Å². The predicted octanol–water partition coefficient (Wildman–Crippen LogP) is 17.8. The van der Waals surface area contributed by atoms with Gasteiger partial charge in [0.05, 0.1) is 0 Å². The molecular formula is C61H67N. The van der Waals surface area contributed by atoms with Gasteiger partial charge in [-0.05, 0) is 172 Å². The molecule has 0 amide bonds. The smallest absolute Gasteiger partial charge is 0.0473 e. The van der Waals surface area contributed by atoms with Crippen molar-refractivity contribution in [1.82, 2.24) is 0 Å². The van der Waals surface area contributed by atoms with Gasteiger partial charge in [0.1, 0.15) is 0 Å². The van der Waals surface area contributed by atoms with Crippen molar-refractivity contribution in [2.75, 3.05) is 4.90 Å². The van der Waals surface area contributed by atoms with E-state index in [2.05, 4.69) is 198 Å². The summed E-state index contributed by atoms with van der Waals surface area (Å²) in [4.78, 5) is 2.53. The third-order valence-corrected chi connectivity index (χ3v) is 13.3. The number of hydrogen-bond donors (Lipinski definition) is 0. The van der Waals surface area contributed by atoms with Crippen molar-refractivity contribution >= 4 is 17.1 Å². The molecule has 0 unspecified atom stereocenters. The highest BCUT2D eigenvalue weighted by atomic mass is 15.1. The fourth-order valence-electron chi connectivity index (χ4n) is 9.75. The first-order valence-corrected chi connectivity index (χ1v) is 23.9. The lowest BCUT2D eigenvalue weighted by Crippen LogP contribution is -2.16. The first kappa shape index (κ1) is 43.0. The summed E-state index contributed by atoms with van der Waals surface area (Å²) >= 11 is 0. The summed E-state index contributed by atoms with van der Waals surface area (Å²) in [6.45, 7) is 14.0. The highest BCUT2D eigenvalue weighted by Crippen LogP contribution is 2.51. The highest BCUT2D eigenvalue weighted by molar-refractivity contribution is 5.89. The lowest BCUT2D eigenvalue weighted by Gasteiger charge is -2.29. The summed E-state index contributed by atoms with van der Waals surface area (Å²) in [6, 6.07) is 58.6. The summed E-state index contributed by atoms with van der Waals surface area (Å²) < 4.78 is 0. The van der Waals surface area contributed by atoms with E-state index in [-0.39, 0.29) is 5.41 Å². The van der Waals surface area contributed by atoms with Gasteiger partial charge in [0.25, 0.3) is 0 Å². The Morgan fingerprint density at radius 2 is 0.774 bits per heavy atom. The zero-order valence-electron chi connectivity index (χ0n) is 38.4. The Labute approximate surface area is 373 Å². The molecule has 0 atom stereocenters. The van der Waals surface area contributed by atoms with Gasteiger partial charge in [-0.25, -0.2) is 0 Å². The Hall–Kier alpha value is -5.66. The van der Waals surface area contributed by atoms with Crippen molar-refractivity contribution in [1.29, 1.82) is 0 Å². The van der Waals surface area contributed by atoms with Crippen LogP contribution in [0.1, 0.15) is 126 Å². The summed E-state index contributed by atoms with van der Waals surface area (Å²) in [5.41, 5.74) is 22.4. The van der Waals surface area contributed by atoms with E-state index in [4.69, 9.17) is 0 Å². The number of benzene rings is 7. The van der Waals surface area contributed by atoms with Gasteiger partial charge in [-0.15, -0.1) is 0 Å². The fraction of sp³-hybridized carbons (Fsp3) is 0.311. The monoisotopic (exact) mass is 814 g/mol. The van der Waals surface area contributed by atoms with Crippen LogP contribution in [0.3, 0.4) is 0 Å². The maximum Gasteiger partial charge on any atom is 0.0473 e. The minimum absolute atomic E-state index is 0.112. The van der Waals surface area contributed by atoms with Gasteiger partial charge in [-0.1, -0.05) is 176 Å². The van der Waals surface area contributed by atoms with E-state index in [0.29, 0.717) is 0 Å². The molecule has 0 fully saturated rings. The van der Waals surface area contributed by atoms with Gasteiger partial charge in [-0.3, -0.25) is 0 Å². The average molecular weight is 814 g/mol. The summed E-state index contributed by atoms with van der Waals surface area (Å²) in [5.74, 6) is 0. The highest BCUT2D eigenvalue weighted by Gasteiger charge is 2.35. The molecule has 0 bridgehead atoms. The lowest BCUT2D eigenvalue weighted by molar-refractivity contribution is 0.660. The van der Waals surface area contributed by atoms with Crippen LogP contribution in [0.2, 0.25) is 0 Å². The Kier molecular flexibility index (Phi) is 13.6. The van der Waals surface area contributed by atoms with Gasteiger partial charge < -0.3 is 4.90 Å². The first-order valence-electron chi connectivity index (χ1n) is 23.9. The van der Waals surface area contributed by atoms with E-state index in [1.165, 1.54) is 141 Å². The Morgan fingerprint density at radius 1 is 0.339 bits per heavy atom. The Balaban J connectivity index is 1.36. The van der Waals surface area contributed by atoms with Crippen LogP contribution in [0, 0.1) is 0 Å². The van der Waals surface area contributed by atoms with E-state index >= 15 is 0 Å². The van der Waals surface area contributed by atoms with Crippen LogP contribution in [0.5, 0.6) is 0 Å². The third-order valence-electron chi connectivity index (χ3n) is 13.3. The van der Waals surface area contributed by atoms with Gasteiger partial charge in [0, 0.05) is 22.5 Å². The molecule has 1 heteroatoms. The molecule has 7 aromatic rings. The average Bonchev–Trinajstić information content (AvgIpc) is 3.54. The Morgan fingerprint density at radius 3 is 1.29 bits per heavy atom. The standard InChI is InChI=1S/C61H67N/c1-7-11-20-44-34-45(21-12-8-2)37-50(36-44)52-40-53(51-38-46(22-13-9-3)35-47(39-51)23-14-10-4)42-56(41-52)62(54-30-28-49(29-31-54)48-24-16-15-17-25-48)55-32-33-58-57-26-18-19-27-59(57)61(5,6)60(58)43-55/h15-19,24-43H,7-14,20-23H2,1-6H3. The van der Waals surface area contributed by atoms with Crippen molar-refractivity contribution in [3.05, 3.63) is 185 Å².